The van der Waals surface area contributed by atoms with Gasteiger partial charge < -0.3 is 45.6 Å². The Morgan fingerprint density at radius 1 is 0.441 bits per heavy atom. The average molecular weight is 1710 g/mol. The van der Waals surface area contributed by atoms with E-state index in [-0.39, 0.29) is 31.8 Å². The largest absolute Gasteiger partial charge is 0.481 e. The van der Waals surface area contributed by atoms with Crippen molar-refractivity contribution >= 4 is 87.0 Å². The number of rotatable bonds is 20. The van der Waals surface area contributed by atoms with Crippen LogP contribution < -0.4 is 44.9 Å². The van der Waals surface area contributed by atoms with Crippen molar-refractivity contribution in [1.29, 1.82) is 0 Å². The standard InChI is InChI=1S/C23H31FN4O4S.C22H28N4O3S.C21H31N3O3S.C20H29N3O3S/c1-5-28-10-7-18(8-11-28)33(30,31)27-23(29)26-22-19(15(2)3)13-17(24)14-20(22)16-6-9-25-21(12-16)32-4;1-2-26-14-10-18(11-15-26)30(28,29)25-22(27)24-21-19-5-3-4-16(19)6-7-20(21)17-8-12-23-13-9-17;1-2-24-12-5-8-17(11-13-24)28(26,27)23-21(25)22-20-18-9-3-6-15(18)14-16-7-4-10-19(16)20;1-2-23-11-9-16(10-12-23)27(25,26)22-20(24)21-19-17-7-3-5-14(17)13-15-6-4-8-18(15)19/h6,9,12-15,18H,5,7-8,10-11H2,1-4H3,(H2,26,27,29);6-9,12-13,18H,2-5,10-11,14-15H2,1H3,(H2,24,25,27);14,17H,2-13H2,1H3,(H2,22,23,25);13,16H,2-12H2,1H3,(H2,21,22,24)/i;;;1D3,2D2. The number of benzene rings is 4. The zero-order chi connectivity index (χ0) is 88.3. The number of carbonyl (C=O) groups is 4. The fraction of sp³-hybridized carbons (Fsp3) is 0.558. The monoisotopic (exact) mass is 1710 g/mol. The number of ether oxygens (including phenoxy) is 1. The second kappa shape index (κ2) is 39.9. The maximum Gasteiger partial charge on any atom is 0.332 e. The normalized spacial score (nSPS) is 19.6. The van der Waals surface area contributed by atoms with Crippen molar-refractivity contribution in [2.75, 3.05) is 107 Å². The number of halogens is 1. The van der Waals surface area contributed by atoms with Crippen LogP contribution in [0.1, 0.15) is 205 Å². The van der Waals surface area contributed by atoms with E-state index in [2.05, 4.69) is 96.9 Å². The van der Waals surface area contributed by atoms with Crippen LogP contribution in [-0.4, -0.2) is 194 Å². The smallest absolute Gasteiger partial charge is 0.332 e. The van der Waals surface area contributed by atoms with Crippen LogP contribution in [0.25, 0.3) is 22.3 Å². The van der Waals surface area contributed by atoms with Crippen LogP contribution in [0.2, 0.25) is 0 Å². The topological polar surface area (TPSA) is 349 Å². The van der Waals surface area contributed by atoms with Crippen molar-refractivity contribution in [3.05, 3.63) is 146 Å². The summed E-state index contributed by atoms with van der Waals surface area (Å²) in [7, 11) is -13.8. The molecule has 9 aliphatic rings. The molecule has 6 aromatic rings. The first kappa shape index (κ1) is 82.0. The van der Waals surface area contributed by atoms with Crippen molar-refractivity contribution in [3.63, 3.8) is 0 Å². The highest BCUT2D eigenvalue weighted by molar-refractivity contribution is 7.91. The van der Waals surface area contributed by atoms with Crippen LogP contribution in [0, 0.1) is 5.82 Å². The minimum Gasteiger partial charge on any atom is -0.481 e. The summed E-state index contributed by atoms with van der Waals surface area (Å²) < 4.78 is 169. The second-order valence-corrected chi connectivity index (χ2v) is 40.1. The summed E-state index contributed by atoms with van der Waals surface area (Å²) in [5.74, 6) is -0.265. The molecule has 0 bridgehead atoms. The number of aryl methyl sites for hydroxylation is 5. The van der Waals surface area contributed by atoms with Gasteiger partial charge in [-0.1, -0.05) is 65.7 Å². The predicted octanol–water partition coefficient (Wildman–Crippen LogP) is 12.7. The number of amides is 8. The third kappa shape index (κ3) is 22.0. The maximum absolute atomic E-state index is 14.5. The molecule has 4 aliphatic heterocycles. The SMILES string of the molecule is CCN1CCC(S(=O)(=O)NC(=O)Nc2c(-c3ccnc(OC)c3)cc(F)cc2C(C)C)CC1.CCN1CCC(S(=O)(=O)NC(=O)Nc2c(-c3ccncc3)ccc3c2CCC3)CC1.CCN1CCCC(S(=O)(=O)NC(=O)Nc2c3c(cc4c2CCC4)CCC3)CC1.[2H]C([2H])([2H])C([2H])([2H])N1CCC(S(=O)(=O)NC(=O)Nc2c3c(cc4c2CCC4)CCC3)CC1. The number of pyridine rings is 2. The van der Waals surface area contributed by atoms with E-state index in [0.29, 0.717) is 85.6 Å². The van der Waals surface area contributed by atoms with E-state index in [1.807, 2.05) is 39.0 Å². The van der Waals surface area contributed by atoms with Crippen LogP contribution in [0.5, 0.6) is 5.88 Å². The van der Waals surface area contributed by atoms with E-state index >= 15 is 0 Å². The summed E-state index contributed by atoms with van der Waals surface area (Å²) in [6.45, 7) is 11.8. The fourth-order valence-electron chi connectivity index (χ4n) is 18.2. The molecular weight excluding hydrogens is 1580 g/mol. The number of anilines is 4. The number of aromatic nitrogens is 2. The number of nitrogens with zero attached hydrogens (tertiary/aromatic N) is 6. The second-order valence-electron chi connectivity index (χ2n) is 32.3. The number of urea groups is 4. The lowest BCUT2D eigenvalue weighted by Gasteiger charge is -2.30. The molecule has 2 aromatic heterocycles. The fourth-order valence-corrected chi connectivity index (χ4v) is 23.5. The quantitative estimate of drug-likeness (QED) is 0.0352. The number of hydrogen-bond acceptors (Lipinski definition) is 19. The van der Waals surface area contributed by atoms with E-state index in [1.165, 1.54) is 64.4 Å². The molecule has 4 saturated heterocycles. The minimum absolute atomic E-state index is 0.0156. The molecule has 15 rings (SSSR count). The highest BCUT2D eigenvalue weighted by atomic mass is 32.2. The van der Waals surface area contributed by atoms with Gasteiger partial charge in [-0.15, -0.1) is 0 Å². The van der Waals surface area contributed by atoms with Gasteiger partial charge in [-0.2, -0.15) is 0 Å². The molecule has 6 heterocycles. The van der Waals surface area contributed by atoms with E-state index < -0.39 is 104 Å². The lowest BCUT2D eigenvalue weighted by molar-refractivity contribution is 0.240. The van der Waals surface area contributed by atoms with Crippen LogP contribution in [-0.2, 0) is 104 Å². The molecule has 1 atom stereocenters. The summed E-state index contributed by atoms with van der Waals surface area (Å²) in [5.41, 5.74) is 18.1. The van der Waals surface area contributed by atoms with Gasteiger partial charge in [0.1, 0.15) is 5.82 Å². The van der Waals surface area contributed by atoms with E-state index in [9.17, 15) is 57.2 Å². The average Bonchev–Trinajstić information content (AvgIpc) is 1.68. The molecule has 8 N–H and O–H groups in total. The number of likely N-dealkylation sites (tertiary alicyclic amines) is 4. The molecule has 642 valence electrons. The number of fused-ring (bicyclic) bond motifs is 5. The van der Waals surface area contributed by atoms with Gasteiger partial charge in [0.25, 0.3) is 0 Å². The molecule has 27 nitrogen and oxygen atoms in total. The Balaban J connectivity index is 0.000000150. The number of carbonyl (C=O) groups excluding carboxylic acids is 4. The Labute approximate surface area is 704 Å². The van der Waals surface area contributed by atoms with Crippen molar-refractivity contribution in [1.82, 2.24) is 48.5 Å². The van der Waals surface area contributed by atoms with Crippen LogP contribution in [0.3, 0.4) is 0 Å². The Hall–Kier alpha value is -8.37. The third-order valence-corrected chi connectivity index (χ3v) is 31.9. The van der Waals surface area contributed by atoms with Gasteiger partial charge in [-0.3, -0.25) is 4.98 Å². The van der Waals surface area contributed by atoms with Crippen molar-refractivity contribution in [3.8, 4) is 28.1 Å². The third-order valence-electron chi connectivity index (χ3n) is 24.7. The van der Waals surface area contributed by atoms with Crippen molar-refractivity contribution in [2.24, 2.45) is 0 Å². The first-order chi connectivity index (χ1) is 58.5. The molecule has 0 spiro atoms. The molecular formula is C86H119FN14O13S4. The van der Waals surface area contributed by atoms with Gasteiger partial charge in [0, 0.05) is 54.0 Å². The molecule has 118 heavy (non-hydrogen) atoms. The lowest BCUT2D eigenvalue weighted by Crippen LogP contribution is -2.46. The first-order valence-electron chi connectivity index (χ1n) is 44.4. The Kier molecular flexibility index (Phi) is 27.7. The molecule has 0 radical (unpaired) electrons. The van der Waals surface area contributed by atoms with Gasteiger partial charge in [-0.05, 0) is 341 Å². The van der Waals surface area contributed by atoms with Gasteiger partial charge in [0.05, 0.1) is 39.5 Å². The Morgan fingerprint density at radius 3 is 1.22 bits per heavy atom. The van der Waals surface area contributed by atoms with E-state index in [4.69, 9.17) is 11.6 Å². The first-order valence-corrected chi connectivity index (χ1v) is 48.1. The summed E-state index contributed by atoms with van der Waals surface area (Å²) >= 11 is 0. The van der Waals surface area contributed by atoms with Gasteiger partial charge in [-0.25, -0.2) is 81.1 Å². The molecule has 1 unspecified atom stereocenters. The molecule has 5 aliphatic carbocycles. The van der Waals surface area contributed by atoms with Crippen LogP contribution in [0.4, 0.5) is 46.3 Å². The number of piperidine rings is 3. The Bertz CT molecular complexity index is 5240. The highest BCUT2D eigenvalue weighted by Gasteiger charge is 2.37. The van der Waals surface area contributed by atoms with Gasteiger partial charge in [0.2, 0.25) is 46.0 Å². The zero-order valence-electron chi connectivity index (χ0n) is 73.6. The summed E-state index contributed by atoms with van der Waals surface area (Å²) in [5, 5.41) is 8.74. The van der Waals surface area contributed by atoms with Gasteiger partial charge in [0.15, 0.2) is 0 Å². The number of sulfonamides is 4. The summed E-state index contributed by atoms with van der Waals surface area (Å²) in [6, 6.07) is 15.4. The highest BCUT2D eigenvalue weighted by Crippen LogP contribution is 2.43. The predicted molar refractivity (Wildman–Crippen MR) is 462 cm³/mol. The van der Waals surface area contributed by atoms with Crippen LogP contribution >= 0.6 is 0 Å². The Morgan fingerprint density at radius 2 is 0.814 bits per heavy atom. The summed E-state index contributed by atoms with van der Waals surface area (Å²) in [6.07, 6.45) is 23.9. The van der Waals surface area contributed by atoms with Crippen LogP contribution in [0.15, 0.2) is 79.3 Å². The van der Waals surface area contributed by atoms with E-state index in [1.54, 1.807) is 24.5 Å². The minimum atomic E-state index is -3.99. The maximum atomic E-state index is 14.5. The molecule has 4 aromatic carbocycles. The molecule has 4 fully saturated rings. The zero-order valence-corrected chi connectivity index (χ0v) is 71.9. The number of hydrogen-bond donors (Lipinski definition) is 8. The van der Waals surface area contributed by atoms with E-state index in [0.717, 1.165) is 193 Å². The van der Waals surface area contributed by atoms with Crippen molar-refractivity contribution in [2.45, 2.75) is 222 Å². The summed E-state index contributed by atoms with van der Waals surface area (Å²) in [4.78, 5) is 66.9. The lowest BCUT2D eigenvalue weighted by atomic mass is 9.94. The van der Waals surface area contributed by atoms with Crippen molar-refractivity contribution < 1.29 is 68.8 Å². The molecule has 8 amide bonds. The van der Waals surface area contributed by atoms with Gasteiger partial charge >= 0.3 is 24.1 Å². The molecule has 0 saturated carbocycles. The number of nitrogens with one attached hydrogen (secondary N) is 8. The number of methoxy groups -OCH3 is 1. The molecule has 32 heteroatoms.